The van der Waals surface area contributed by atoms with Crippen LogP contribution in [0.4, 0.5) is 13.2 Å². The quantitative estimate of drug-likeness (QED) is 0.778. The summed E-state index contributed by atoms with van der Waals surface area (Å²) in [4.78, 5) is 4.73. The van der Waals surface area contributed by atoms with Crippen LogP contribution in [0.1, 0.15) is 23.1 Å². The van der Waals surface area contributed by atoms with Crippen LogP contribution in [0, 0.1) is 0 Å². The molecule has 2 aliphatic heterocycles. The van der Waals surface area contributed by atoms with Gasteiger partial charge in [0, 0.05) is 39.3 Å². The summed E-state index contributed by atoms with van der Waals surface area (Å²) in [5.41, 5.74) is 1.63. The Labute approximate surface area is 163 Å². The number of para-hydroxylation sites is 1. The van der Waals surface area contributed by atoms with Gasteiger partial charge < -0.3 is 4.74 Å². The zero-order chi connectivity index (χ0) is 19.6. The van der Waals surface area contributed by atoms with Crippen LogP contribution < -0.4 is 4.74 Å². The molecule has 1 unspecified atom stereocenters. The van der Waals surface area contributed by atoms with Crippen molar-refractivity contribution in [3.8, 4) is 5.75 Å². The number of hydrogen-bond donors (Lipinski definition) is 0. The summed E-state index contributed by atoms with van der Waals surface area (Å²) in [6.45, 7) is 5.39. The van der Waals surface area contributed by atoms with Crippen molar-refractivity contribution in [3.63, 3.8) is 0 Å². The summed E-state index contributed by atoms with van der Waals surface area (Å²) in [7, 11) is 0. The Morgan fingerprint density at radius 3 is 2.29 bits per heavy atom. The molecule has 0 saturated carbocycles. The maximum absolute atomic E-state index is 12.7. The number of hydrogen-bond acceptors (Lipinski definition) is 3. The standard InChI is InChI=1S/C22H25F3N2O/c23-22(24,25)19-8-5-17(6-9-19)15-26-11-13-27(14-12-26)16-20-10-7-18-3-1-2-4-21(18)28-20/h1-6,8-9,20H,7,10-16H2. The highest BCUT2D eigenvalue weighted by atomic mass is 19.4. The fraction of sp³-hybridized carbons (Fsp3) is 0.455. The number of ether oxygens (including phenoxy) is 1. The molecule has 0 spiro atoms. The minimum absolute atomic E-state index is 0.233. The van der Waals surface area contributed by atoms with Gasteiger partial charge in [-0.2, -0.15) is 13.2 Å². The van der Waals surface area contributed by atoms with Gasteiger partial charge in [-0.25, -0.2) is 0 Å². The first-order chi connectivity index (χ1) is 13.5. The van der Waals surface area contributed by atoms with E-state index in [1.807, 2.05) is 12.1 Å². The third-order valence-corrected chi connectivity index (χ3v) is 5.62. The molecule has 0 amide bonds. The van der Waals surface area contributed by atoms with Crippen LogP contribution in [0.3, 0.4) is 0 Å². The third-order valence-electron chi connectivity index (χ3n) is 5.62. The molecule has 28 heavy (non-hydrogen) atoms. The number of piperazine rings is 1. The summed E-state index contributed by atoms with van der Waals surface area (Å²) in [6, 6.07) is 13.8. The Morgan fingerprint density at radius 2 is 1.57 bits per heavy atom. The van der Waals surface area contributed by atoms with E-state index in [2.05, 4.69) is 21.9 Å². The topological polar surface area (TPSA) is 15.7 Å². The lowest BCUT2D eigenvalue weighted by Gasteiger charge is -2.37. The SMILES string of the molecule is FC(F)(F)c1ccc(CN2CCN(CC3CCc4ccccc4O3)CC2)cc1. The number of aryl methyl sites for hydroxylation is 1. The molecule has 2 heterocycles. The molecule has 2 aromatic rings. The van der Waals surface area contributed by atoms with Crippen LogP contribution in [0.2, 0.25) is 0 Å². The molecule has 0 radical (unpaired) electrons. The van der Waals surface area contributed by atoms with Gasteiger partial charge in [0.05, 0.1) is 5.56 Å². The number of nitrogens with zero attached hydrogens (tertiary/aromatic N) is 2. The summed E-state index contributed by atoms with van der Waals surface area (Å²) in [5, 5.41) is 0. The normalized spacial score (nSPS) is 21.2. The number of halogens is 3. The highest BCUT2D eigenvalue weighted by Crippen LogP contribution is 2.29. The van der Waals surface area contributed by atoms with Crippen molar-refractivity contribution in [1.29, 1.82) is 0 Å². The molecular weight excluding hydrogens is 365 g/mol. The van der Waals surface area contributed by atoms with Crippen molar-refractivity contribution in [2.45, 2.75) is 31.7 Å². The first kappa shape index (κ1) is 19.3. The van der Waals surface area contributed by atoms with E-state index in [0.717, 1.165) is 56.9 Å². The average Bonchev–Trinajstić information content (AvgIpc) is 2.69. The lowest BCUT2D eigenvalue weighted by Crippen LogP contribution is -2.49. The Bertz CT molecular complexity index is 783. The third kappa shape index (κ3) is 4.67. The van der Waals surface area contributed by atoms with Crippen molar-refractivity contribution in [2.75, 3.05) is 32.7 Å². The zero-order valence-corrected chi connectivity index (χ0v) is 15.8. The Balaban J connectivity index is 1.24. The number of rotatable bonds is 4. The van der Waals surface area contributed by atoms with Crippen LogP contribution in [-0.2, 0) is 19.1 Å². The van der Waals surface area contributed by atoms with E-state index in [0.29, 0.717) is 6.54 Å². The molecule has 4 rings (SSSR count). The van der Waals surface area contributed by atoms with Gasteiger partial charge in [0.25, 0.3) is 0 Å². The van der Waals surface area contributed by atoms with Gasteiger partial charge in [-0.15, -0.1) is 0 Å². The van der Waals surface area contributed by atoms with Gasteiger partial charge in [-0.05, 0) is 42.2 Å². The van der Waals surface area contributed by atoms with E-state index >= 15 is 0 Å². The predicted octanol–water partition coefficient (Wildman–Crippen LogP) is 4.22. The predicted molar refractivity (Wildman–Crippen MR) is 102 cm³/mol. The lowest BCUT2D eigenvalue weighted by atomic mass is 10.0. The maximum atomic E-state index is 12.7. The van der Waals surface area contributed by atoms with E-state index in [1.165, 1.54) is 17.7 Å². The first-order valence-electron chi connectivity index (χ1n) is 9.83. The average molecular weight is 390 g/mol. The Morgan fingerprint density at radius 1 is 0.893 bits per heavy atom. The zero-order valence-electron chi connectivity index (χ0n) is 15.8. The van der Waals surface area contributed by atoms with Gasteiger partial charge in [0.2, 0.25) is 0 Å². The van der Waals surface area contributed by atoms with E-state index in [9.17, 15) is 13.2 Å². The largest absolute Gasteiger partial charge is 0.489 e. The summed E-state index contributed by atoms with van der Waals surface area (Å²) in [6.07, 6.45) is -1.93. The molecule has 3 nitrogen and oxygen atoms in total. The van der Waals surface area contributed by atoms with Crippen LogP contribution in [0.25, 0.3) is 0 Å². The van der Waals surface area contributed by atoms with Gasteiger partial charge in [-0.3, -0.25) is 9.80 Å². The van der Waals surface area contributed by atoms with Crippen molar-refractivity contribution < 1.29 is 17.9 Å². The van der Waals surface area contributed by atoms with Gasteiger partial charge in [0.15, 0.2) is 0 Å². The van der Waals surface area contributed by atoms with Crippen molar-refractivity contribution >= 4 is 0 Å². The molecule has 6 heteroatoms. The smallest absolute Gasteiger partial charge is 0.416 e. The molecule has 2 aromatic carbocycles. The Kier molecular flexibility index (Phi) is 5.60. The molecule has 0 aliphatic carbocycles. The summed E-state index contributed by atoms with van der Waals surface area (Å²) in [5.74, 6) is 1.01. The molecule has 0 N–H and O–H groups in total. The summed E-state index contributed by atoms with van der Waals surface area (Å²) >= 11 is 0. The number of benzene rings is 2. The van der Waals surface area contributed by atoms with Crippen LogP contribution in [-0.4, -0.2) is 48.6 Å². The lowest BCUT2D eigenvalue weighted by molar-refractivity contribution is -0.137. The van der Waals surface area contributed by atoms with E-state index < -0.39 is 11.7 Å². The van der Waals surface area contributed by atoms with Gasteiger partial charge >= 0.3 is 6.18 Å². The van der Waals surface area contributed by atoms with E-state index in [4.69, 9.17) is 4.74 Å². The summed E-state index contributed by atoms with van der Waals surface area (Å²) < 4.78 is 44.2. The second-order valence-electron chi connectivity index (χ2n) is 7.66. The first-order valence-corrected chi connectivity index (χ1v) is 9.83. The monoisotopic (exact) mass is 390 g/mol. The van der Waals surface area contributed by atoms with Crippen molar-refractivity contribution in [3.05, 3.63) is 65.2 Å². The number of alkyl halides is 3. The molecular formula is C22H25F3N2O. The van der Waals surface area contributed by atoms with E-state index in [-0.39, 0.29) is 6.10 Å². The second-order valence-corrected chi connectivity index (χ2v) is 7.66. The van der Waals surface area contributed by atoms with E-state index in [1.54, 1.807) is 12.1 Å². The fourth-order valence-corrected chi connectivity index (χ4v) is 3.98. The van der Waals surface area contributed by atoms with Crippen LogP contribution in [0.15, 0.2) is 48.5 Å². The van der Waals surface area contributed by atoms with Crippen LogP contribution in [0.5, 0.6) is 5.75 Å². The van der Waals surface area contributed by atoms with Crippen molar-refractivity contribution in [2.24, 2.45) is 0 Å². The molecule has 1 fully saturated rings. The molecule has 0 aromatic heterocycles. The minimum atomic E-state index is -4.27. The van der Waals surface area contributed by atoms with Crippen molar-refractivity contribution in [1.82, 2.24) is 9.80 Å². The number of fused-ring (bicyclic) bond motifs is 1. The molecule has 150 valence electrons. The minimum Gasteiger partial charge on any atom is -0.489 e. The molecule has 1 atom stereocenters. The second kappa shape index (κ2) is 8.13. The fourth-order valence-electron chi connectivity index (χ4n) is 3.98. The van der Waals surface area contributed by atoms with Gasteiger partial charge in [-0.1, -0.05) is 30.3 Å². The highest BCUT2D eigenvalue weighted by molar-refractivity contribution is 5.35. The molecule has 2 aliphatic rings. The van der Waals surface area contributed by atoms with Gasteiger partial charge in [0.1, 0.15) is 11.9 Å². The molecule has 1 saturated heterocycles. The molecule has 0 bridgehead atoms. The highest BCUT2D eigenvalue weighted by Gasteiger charge is 2.30. The Hall–Kier alpha value is -2.05. The van der Waals surface area contributed by atoms with Crippen LogP contribution >= 0.6 is 0 Å². The maximum Gasteiger partial charge on any atom is 0.416 e.